The van der Waals surface area contributed by atoms with Crippen molar-refractivity contribution in [2.24, 2.45) is 7.05 Å². The second kappa shape index (κ2) is 4.91. The maximum Gasteiger partial charge on any atom is 0.185 e. The third kappa shape index (κ3) is 2.40. The monoisotopic (exact) mass is 273 g/mol. The molecule has 1 aromatic carbocycles. The zero-order valence-electron chi connectivity index (χ0n) is 10.2. The molecule has 0 fully saturated rings. The predicted molar refractivity (Wildman–Crippen MR) is 61.5 cm³/mol. The van der Waals surface area contributed by atoms with Gasteiger partial charge in [0.15, 0.2) is 23.3 Å². The van der Waals surface area contributed by atoms with Crippen molar-refractivity contribution in [3.05, 3.63) is 47.6 Å². The molecule has 0 saturated heterocycles. The molecule has 0 bridgehead atoms. The average Bonchev–Trinajstić information content (AvgIpc) is 2.78. The van der Waals surface area contributed by atoms with Crippen LogP contribution in [-0.4, -0.2) is 9.55 Å². The number of imidazole rings is 1. The van der Waals surface area contributed by atoms with Gasteiger partial charge in [0.2, 0.25) is 0 Å². The number of hydrogen-bond donors (Lipinski definition) is 1. The summed E-state index contributed by atoms with van der Waals surface area (Å²) in [5.74, 6) is -5.34. The van der Waals surface area contributed by atoms with E-state index in [2.05, 4.69) is 10.3 Å². The Balaban J connectivity index is 2.37. The first kappa shape index (κ1) is 13.4. The van der Waals surface area contributed by atoms with Crippen LogP contribution in [0.4, 0.5) is 23.2 Å². The summed E-state index contributed by atoms with van der Waals surface area (Å²) < 4.78 is 54.7. The van der Waals surface area contributed by atoms with Crippen LogP contribution in [0.25, 0.3) is 0 Å². The van der Waals surface area contributed by atoms with Gasteiger partial charge in [-0.05, 0) is 6.92 Å². The van der Waals surface area contributed by atoms with Gasteiger partial charge in [-0.25, -0.2) is 22.5 Å². The van der Waals surface area contributed by atoms with Gasteiger partial charge in [-0.1, -0.05) is 0 Å². The minimum atomic E-state index is -1.46. The standard InChI is InChI=1S/C12H11F4N3/c1-6(12-17-3-4-19(12)2)18-11-9(15)7(13)5-8(14)10(11)16/h3-6,18H,1-2H3. The number of rotatable bonds is 3. The summed E-state index contributed by atoms with van der Waals surface area (Å²) in [5.41, 5.74) is -0.840. The number of halogens is 4. The molecule has 0 amide bonds. The molecule has 2 aromatic rings. The Morgan fingerprint density at radius 2 is 1.74 bits per heavy atom. The molecular weight excluding hydrogens is 262 g/mol. The topological polar surface area (TPSA) is 29.9 Å². The summed E-state index contributed by atoms with van der Waals surface area (Å²) in [5, 5.41) is 2.39. The summed E-state index contributed by atoms with van der Waals surface area (Å²) in [6, 6.07) is -0.452. The van der Waals surface area contributed by atoms with Gasteiger partial charge < -0.3 is 9.88 Å². The first-order valence-corrected chi connectivity index (χ1v) is 5.48. The molecule has 0 aliphatic heterocycles. The van der Waals surface area contributed by atoms with Gasteiger partial charge in [0, 0.05) is 25.5 Å². The average molecular weight is 273 g/mol. The predicted octanol–water partition coefficient (Wildman–Crippen LogP) is 3.15. The third-order valence-corrected chi connectivity index (χ3v) is 2.72. The van der Waals surface area contributed by atoms with Gasteiger partial charge in [-0.3, -0.25) is 0 Å². The Morgan fingerprint density at radius 3 is 2.21 bits per heavy atom. The summed E-state index contributed by atoms with van der Waals surface area (Å²) in [4.78, 5) is 3.98. The summed E-state index contributed by atoms with van der Waals surface area (Å²) in [6.45, 7) is 1.57. The highest BCUT2D eigenvalue weighted by Crippen LogP contribution is 2.27. The Morgan fingerprint density at radius 1 is 1.16 bits per heavy atom. The van der Waals surface area contributed by atoms with E-state index in [9.17, 15) is 17.6 Å². The number of nitrogens with one attached hydrogen (secondary N) is 1. The molecule has 3 nitrogen and oxygen atoms in total. The fraction of sp³-hybridized carbons (Fsp3) is 0.250. The molecule has 19 heavy (non-hydrogen) atoms. The lowest BCUT2D eigenvalue weighted by Crippen LogP contribution is -2.15. The van der Waals surface area contributed by atoms with E-state index in [1.807, 2.05) is 0 Å². The van der Waals surface area contributed by atoms with E-state index < -0.39 is 35.0 Å². The van der Waals surface area contributed by atoms with Gasteiger partial charge >= 0.3 is 0 Å². The van der Waals surface area contributed by atoms with Crippen molar-refractivity contribution < 1.29 is 17.6 Å². The Kier molecular flexibility index (Phi) is 3.46. The number of aryl methyl sites for hydroxylation is 1. The lowest BCUT2D eigenvalue weighted by atomic mass is 10.2. The highest BCUT2D eigenvalue weighted by molar-refractivity contribution is 5.48. The molecular formula is C12H11F4N3. The molecule has 0 saturated carbocycles. The molecule has 2 rings (SSSR count). The fourth-order valence-electron chi connectivity index (χ4n) is 1.78. The minimum Gasteiger partial charge on any atom is -0.370 e. The Labute approximate surface area is 106 Å². The highest BCUT2D eigenvalue weighted by atomic mass is 19.2. The van der Waals surface area contributed by atoms with Crippen molar-refractivity contribution >= 4 is 5.69 Å². The van der Waals surface area contributed by atoms with E-state index >= 15 is 0 Å². The van der Waals surface area contributed by atoms with Gasteiger partial charge in [-0.15, -0.1) is 0 Å². The smallest absolute Gasteiger partial charge is 0.185 e. The zero-order chi connectivity index (χ0) is 14.2. The van der Waals surface area contributed by atoms with Crippen molar-refractivity contribution in [2.75, 3.05) is 5.32 Å². The largest absolute Gasteiger partial charge is 0.370 e. The number of nitrogens with zero attached hydrogens (tertiary/aromatic N) is 2. The van der Waals surface area contributed by atoms with Crippen LogP contribution < -0.4 is 5.32 Å². The zero-order valence-corrected chi connectivity index (χ0v) is 10.2. The molecule has 0 aliphatic carbocycles. The molecule has 0 aliphatic rings. The van der Waals surface area contributed by atoms with Crippen LogP contribution in [0.1, 0.15) is 18.8 Å². The molecule has 0 spiro atoms. The molecule has 1 N–H and O–H groups in total. The molecule has 1 atom stereocenters. The van der Waals surface area contributed by atoms with E-state index in [0.717, 1.165) is 0 Å². The number of benzene rings is 1. The van der Waals surface area contributed by atoms with E-state index in [1.54, 1.807) is 24.7 Å². The third-order valence-electron chi connectivity index (χ3n) is 2.72. The van der Waals surface area contributed by atoms with Crippen LogP contribution in [-0.2, 0) is 7.05 Å². The number of anilines is 1. The van der Waals surface area contributed by atoms with Crippen LogP contribution in [0.3, 0.4) is 0 Å². The van der Waals surface area contributed by atoms with Crippen LogP contribution >= 0.6 is 0 Å². The van der Waals surface area contributed by atoms with Crippen molar-refractivity contribution in [1.82, 2.24) is 9.55 Å². The van der Waals surface area contributed by atoms with Crippen LogP contribution in [0, 0.1) is 23.3 Å². The summed E-state index contributed by atoms with van der Waals surface area (Å²) in [6.07, 6.45) is 3.15. The Bertz CT molecular complexity index is 583. The first-order valence-electron chi connectivity index (χ1n) is 5.48. The fourth-order valence-corrected chi connectivity index (χ4v) is 1.78. The van der Waals surface area contributed by atoms with Crippen molar-refractivity contribution in [2.45, 2.75) is 13.0 Å². The van der Waals surface area contributed by atoms with Gasteiger partial charge in [-0.2, -0.15) is 0 Å². The molecule has 1 unspecified atom stereocenters. The van der Waals surface area contributed by atoms with Gasteiger partial charge in [0.05, 0.1) is 6.04 Å². The second-order valence-electron chi connectivity index (χ2n) is 4.11. The van der Waals surface area contributed by atoms with Crippen molar-refractivity contribution in [3.8, 4) is 0 Å². The van der Waals surface area contributed by atoms with Crippen LogP contribution in [0.5, 0.6) is 0 Å². The quantitative estimate of drug-likeness (QED) is 0.687. The first-order chi connectivity index (χ1) is 8.91. The lowest BCUT2D eigenvalue weighted by Gasteiger charge is -2.16. The van der Waals surface area contributed by atoms with E-state index in [0.29, 0.717) is 5.82 Å². The van der Waals surface area contributed by atoms with E-state index in [4.69, 9.17) is 0 Å². The second-order valence-corrected chi connectivity index (χ2v) is 4.11. The van der Waals surface area contributed by atoms with Gasteiger partial charge in [0.1, 0.15) is 11.5 Å². The number of hydrogen-bond acceptors (Lipinski definition) is 2. The minimum absolute atomic E-state index is 0.168. The molecule has 7 heteroatoms. The van der Waals surface area contributed by atoms with Crippen LogP contribution in [0.15, 0.2) is 18.5 Å². The van der Waals surface area contributed by atoms with Gasteiger partial charge in [0.25, 0.3) is 0 Å². The molecule has 1 heterocycles. The summed E-state index contributed by atoms with van der Waals surface area (Å²) >= 11 is 0. The van der Waals surface area contributed by atoms with E-state index in [1.165, 1.54) is 6.20 Å². The Hall–Kier alpha value is -2.05. The highest BCUT2D eigenvalue weighted by Gasteiger charge is 2.21. The SMILES string of the molecule is CC(Nc1c(F)c(F)cc(F)c1F)c1nccn1C. The normalized spacial score (nSPS) is 12.5. The maximum absolute atomic E-state index is 13.5. The van der Waals surface area contributed by atoms with E-state index in [-0.39, 0.29) is 6.07 Å². The van der Waals surface area contributed by atoms with Crippen molar-refractivity contribution in [1.29, 1.82) is 0 Å². The van der Waals surface area contributed by atoms with Crippen LogP contribution in [0.2, 0.25) is 0 Å². The molecule has 1 aromatic heterocycles. The number of aromatic nitrogens is 2. The lowest BCUT2D eigenvalue weighted by molar-refractivity contribution is 0.456. The summed E-state index contributed by atoms with van der Waals surface area (Å²) in [7, 11) is 1.69. The molecule has 0 radical (unpaired) electrons. The molecule has 102 valence electrons. The van der Waals surface area contributed by atoms with Crippen molar-refractivity contribution in [3.63, 3.8) is 0 Å². The maximum atomic E-state index is 13.5.